The predicted molar refractivity (Wildman–Crippen MR) is 136 cm³/mol. The van der Waals surface area contributed by atoms with Gasteiger partial charge in [0, 0.05) is 31.6 Å². The van der Waals surface area contributed by atoms with E-state index in [4.69, 9.17) is 9.47 Å². The minimum Gasteiger partial charge on any atom is -0.492 e. The number of anilines is 1. The van der Waals surface area contributed by atoms with Gasteiger partial charge in [0.25, 0.3) is 0 Å². The Labute approximate surface area is 211 Å². The number of carbonyl (C=O) groups is 2. The molecule has 0 bridgehead atoms. The van der Waals surface area contributed by atoms with Gasteiger partial charge in [-0.05, 0) is 56.9 Å². The Morgan fingerprint density at radius 3 is 2.67 bits per heavy atom. The molecule has 0 spiro atoms. The van der Waals surface area contributed by atoms with Gasteiger partial charge < -0.3 is 19.7 Å². The maximum absolute atomic E-state index is 12.9. The van der Waals surface area contributed by atoms with Crippen LogP contribution in [0.15, 0.2) is 61.2 Å². The summed E-state index contributed by atoms with van der Waals surface area (Å²) in [5.41, 5.74) is 1.75. The third-order valence-electron chi connectivity index (χ3n) is 6.29. The van der Waals surface area contributed by atoms with Crippen molar-refractivity contribution in [1.29, 1.82) is 0 Å². The van der Waals surface area contributed by atoms with Crippen LogP contribution in [0.1, 0.15) is 31.2 Å². The molecule has 3 aromatic rings. The van der Waals surface area contributed by atoms with E-state index in [1.54, 1.807) is 36.7 Å². The maximum Gasteiger partial charge on any atom is 0.244 e. The van der Waals surface area contributed by atoms with Crippen molar-refractivity contribution in [3.05, 3.63) is 66.7 Å². The number of hydrogen-bond acceptors (Lipinski definition) is 6. The van der Waals surface area contributed by atoms with Gasteiger partial charge in [0.15, 0.2) is 0 Å². The Hall–Kier alpha value is -3.88. The normalized spacial score (nSPS) is 17.3. The zero-order valence-corrected chi connectivity index (χ0v) is 20.8. The minimum absolute atomic E-state index is 0.00256. The van der Waals surface area contributed by atoms with Crippen molar-refractivity contribution in [1.82, 2.24) is 19.7 Å². The first-order chi connectivity index (χ1) is 17.5. The standard InChI is InChI=1S/C27H33N5O4/c1-20-6-8-23(9-7-20)35-15-14-31(2)26(33)19-32-18-22(17-29-32)30-27(34)21-4-3-5-25(16-21)36-24-10-12-28-13-11-24/h6-13,17-18,21,25H,3-5,14-16,19H2,1-2H3,(H,30,34). The quantitative estimate of drug-likeness (QED) is 0.464. The molecular formula is C27H33N5O4. The van der Waals surface area contributed by atoms with Gasteiger partial charge in [-0.3, -0.25) is 19.3 Å². The van der Waals surface area contributed by atoms with Crippen molar-refractivity contribution in [2.75, 3.05) is 25.5 Å². The lowest BCUT2D eigenvalue weighted by molar-refractivity contribution is -0.131. The Bertz CT molecular complexity index is 1130. The smallest absolute Gasteiger partial charge is 0.244 e. The third-order valence-corrected chi connectivity index (χ3v) is 6.29. The number of aromatic nitrogens is 3. The molecule has 0 aliphatic heterocycles. The molecule has 1 saturated carbocycles. The van der Waals surface area contributed by atoms with Crippen LogP contribution in [0.25, 0.3) is 0 Å². The molecule has 190 valence electrons. The number of rotatable bonds is 10. The zero-order valence-electron chi connectivity index (χ0n) is 20.8. The summed E-state index contributed by atoms with van der Waals surface area (Å²) >= 11 is 0. The van der Waals surface area contributed by atoms with E-state index in [1.165, 1.54) is 10.2 Å². The van der Waals surface area contributed by atoms with Gasteiger partial charge in [0.1, 0.15) is 24.7 Å². The van der Waals surface area contributed by atoms with Gasteiger partial charge in [-0.25, -0.2) is 0 Å². The SMILES string of the molecule is Cc1ccc(OCCN(C)C(=O)Cn2cc(NC(=O)C3CCCC(Oc4ccncc4)C3)cn2)cc1. The molecule has 1 aliphatic carbocycles. The minimum atomic E-state index is -0.129. The summed E-state index contributed by atoms with van der Waals surface area (Å²) in [6, 6.07) is 11.5. The summed E-state index contributed by atoms with van der Waals surface area (Å²) in [7, 11) is 1.74. The van der Waals surface area contributed by atoms with Crippen LogP contribution in [-0.4, -0.2) is 57.8 Å². The fourth-order valence-corrected chi connectivity index (χ4v) is 4.18. The van der Waals surface area contributed by atoms with Crippen molar-refractivity contribution < 1.29 is 19.1 Å². The Balaban J connectivity index is 1.21. The van der Waals surface area contributed by atoms with Gasteiger partial charge >= 0.3 is 0 Å². The van der Waals surface area contributed by atoms with Crippen LogP contribution in [0.5, 0.6) is 11.5 Å². The van der Waals surface area contributed by atoms with Crippen molar-refractivity contribution in [3.8, 4) is 11.5 Å². The van der Waals surface area contributed by atoms with Crippen molar-refractivity contribution in [2.24, 2.45) is 5.92 Å². The van der Waals surface area contributed by atoms with Gasteiger partial charge in [-0.2, -0.15) is 5.10 Å². The molecule has 1 aliphatic rings. The molecule has 9 heteroatoms. The number of carbonyl (C=O) groups excluding carboxylic acids is 2. The summed E-state index contributed by atoms with van der Waals surface area (Å²) in [6.45, 7) is 2.97. The average molecular weight is 492 g/mol. The summed E-state index contributed by atoms with van der Waals surface area (Å²) in [6.07, 6.45) is 9.99. The summed E-state index contributed by atoms with van der Waals surface area (Å²) in [4.78, 5) is 31.0. The van der Waals surface area contributed by atoms with Crippen LogP contribution in [0.4, 0.5) is 5.69 Å². The number of likely N-dealkylation sites (N-methyl/N-ethyl adjacent to an activating group) is 1. The number of amides is 2. The first kappa shape index (κ1) is 25.2. The highest BCUT2D eigenvalue weighted by molar-refractivity contribution is 5.92. The van der Waals surface area contributed by atoms with Crippen LogP contribution in [0.2, 0.25) is 0 Å². The molecule has 2 unspecified atom stereocenters. The third kappa shape index (κ3) is 7.31. The molecule has 36 heavy (non-hydrogen) atoms. The maximum atomic E-state index is 12.9. The molecule has 2 amide bonds. The molecule has 2 heterocycles. The number of hydrogen-bond donors (Lipinski definition) is 1. The van der Waals surface area contributed by atoms with Crippen molar-refractivity contribution in [2.45, 2.75) is 45.3 Å². The number of pyridine rings is 1. The van der Waals surface area contributed by atoms with Crippen molar-refractivity contribution >= 4 is 17.5 Å². The van der Waals surface area contributed by atoms with Crippen LogP contribution in [0.3, 0.4) is 0 Å². The largest absolute Gasteiger partial charge is 0.492 e. The first-order valence-corrected chi connectivity index (χ1v) is 12.3. The lowest BCUT2D eigenvalue weighted by Gasteiger charge is -2.28. The van der Waals surface area contributed by atoms with Gasteiger partial charge in [0.05, 0.1) is 24.5 Å². The van der Waals surface area contributed by atoms with E-state index in [2.05, 4.69) is 15.4 Å². The number of ether oxygens (including phenoxy) is 2. The average Bonchev–Trinajstić information content (AvgIpc) is 3.32. The molecule has 9 nitrogen and oxygen atoms in total. The Morgan fingerprint density at radius 1 is 1.11 bits per heavy atom. The zero-order chi connectivity index (χ0) is 25.3. The van der Waals surface area contributed by atoms with Crippen molar-refractivity contribution in [3.63, 3.8) is 0 Å². The summed E-state index contributed by atoms with van der Waals surface area (Å²) < 4.78 is 13.3. The first-order valence-electron chi connectivity index (χ1n) is 12.3. The fraction of sp³-hybridized carbons (Fsp3) is 0.407. The monoisotopic (exact) mass is 491 g/mol. The van der Waals surface area contributed by atoms with E-state index in [-0.39, 0.29) is 30.4 Å². The molecule has 0 radical (unpaired) electrons. The molecule has 1 N–H and O–H groups in total. The Morgan fingerprint density at radius 2 is 1.89 bits per heavy atom. The highest BCUT2D eigenvalue weighted by Gasteiger charge is 2.28. The highest BCUT2D eigenvalue weighted by atomic mass is 16.5. The lowest BCUT2D eigenvalue weighted by Crippen LogP contribution is -2.33. The molecule has 1 fully saturated rings. The molecule has 2 aromatic heterocycles. The van der Waals surface area contributed by atoms with E-state index in [0.29, 0.717) is 25.3 Å². The number of aryl methyl sites for hydroxylation is 1. The second-order valence-corrected chi connectivity index (χ2v) is 9.18. The molecule has 1 aromatic carbocycles. The number of nitrogens with zero attached hydrogens (tertiary/aromatic N) is 4. The molecule has 2 atom stereocenters. The number of benzene rings is 1. The molecule has 0 saturated heterocycles. The van der Waals surface area contributed by atoms with Gasteiger partial charge in [0.2, 0.25) is 11.8 Å². The summed E-state index contributed by atoms with van der Waals surface area (Å²) in [5.74, 6) is 1.28. The van der Waals surface area contributed by atoms with Crippen LogP contribution >= 0.6 is 0 Å². The van der Waals surface area contributed by atoms with Gasteiger partial charge in [-0.15, -0.1) is 0 Å². The highest BCUT2D eigenvalue weighted by Crippen LogP contribution is 2.28. The summed E-state index contributed by atoms with van der Waals surface area (Å²) in [5, 5.41) is 7.18. The topological polar surface area (TPSA) is 98.6 Å². The second-order valence-electron chi connectivity index (χ2n) is 9.18. The van der Waals surface area contributed by atoms with E-state index in [1.807, 2.05) is 43.3 Å². The van der Waals surface area contributed by atoms with Crippen LogP contribution < -0.4 is 14.8 Å². The van der Waals surface area contributed by atoms with E-state index in [0.717, 1.165) is 30.8 Å². The predicted octanol–water partition coefficient (Wildman–Crippen LogP) is 3.70. The van der Waals surface area contributed by atoms with E-state index >= 15 is 0 Å². The van der Waals surface area contributed by atoms with E-state index in [9.17, 15) is 9.59 Å². The second kappa shape index (κ2) is 12.2. The molecule has 4 rings (SSSR count). The van der Waals surface area contributed by atoms with Crippen LogP contribution in [0, 0.1) is 12.8 Å². The van der Waals surface area contributed by atoms with Crippen LogP contribution in [-0.2, 0) is 16.1 Å². The van der Waals surface area contributed by atoms with E-state index < -0.39 is 0 Å². The fourth-order valence-electron chi connectivity index (χ4n) is 4.18. The molecular weight excluding hydrogens is 458 g/mol. The van der Waals surface area contributed by atoms with Gasteiger partial charge in [-0.1, -0.05) is 17.7 Å². The number of nitrogens with one attached hydrogen (secondary N) is 1. The lowest BCUT2D eigenvalue weighted by atomic mass is 9.86. The Kier molecular flexibility index (Phi) is 8.54.